The summed E-state index contributed by atoms with van der Waals surface area (Å²) in [6.07, 6.45) is 0.560. The first-order chi connectivity index (χ1) is 9.93. The molecule has 7 heteroatoms. The molecule has 21 heavy (non-hydrogen) atoms. The molecule has 0 aliphatic rings. The Bertz CT molecular complexity index is 687. The number of nitro groups is 1. The van der Waals surface area contributed by atoms with Crippen LogP contribution in [0.15, 0.2) is 18.2 Å². The summed E-state index contributed by atoms with van der Waals surface area (Å²) in [4.78, 5) is 22.8. The van der Waals surface area contributed by atoms with E-state index in [1.165, 1.54) is 6.07 Å². The van der Waals surface area contributed by atoms with Crippen LogP contribution in [0.25, 0.3) is 0 Å². The molecule has 0 aliphatic carbocycles. The van der Waals surface area contributed by atoms with Crippen LogP contribution in [0.1, 0.15) is 34.2 Å². The predicted molar refractivity (Wildman–Crippen MR) is 78.5 cm³/mol. The summed E-state index contributed by atoms with van der Waals surface area (Å²) in [6.45, 7) is 5.32. The first-order valence-corrected chi connectivity index (χ1v) is 6.54. The maximum atomic E-state index is 12.2. The highest BCUT2D eigenvalue weighted by molar-refractivity contribution is 6.05. The molecule has 1 aromatic heterocycles. The van der Waals surface area contributed by atoms with Gasteiger partial charge in [0.25, 0.3) is 11.6 Å². The summed E-state index contributed by atoms with van der Waals surface area (Å²) >= 11 is 0. The molecular formula is C14H16N4O3. The average molecular weight is 288 g/mol. The van der Waals surface area contributed by atoms with Gasteiger partial charge in [-0.1, -0.05) is 13.0 Å². The Labute approximate surface area is 121 Å². The van der Waals surface area contributed by atoms with Gasteiger partial charge in [0.2, 0.25) is 0 Å². The van der Waals surface area contributed by atoms with Crippen LogP contribution in [0.5, 0.6) is 0 Å². The van der Waals surface area contributed by atoms with Gasteiger partial charge in [-0.3, -0.25) is 20.0 Å². The zero-order valence-corrected chi connectivity index (χ0v) is 12.1. The largest absolute Gasteiger partial charge is 0.322 e. The van der Waals surface area contributed by atoms with Crippen molar-refractivity contribution in [3.05, 3.63) is 50.8 Å². The molecule has 2 aromatic rings. The van der Waals surface area contributed by atoms with Crippen molar-refractivity contribution in [1.29, 1.82) is 0 Å². The Kier molecular flexibility index (Phi) is 4.02. The maximum absolute atomic E-state index is 12.2. The quantitative estimate of drug-likeness (QED) is 0.667. The van der Waals surface area contributed by atoms with Crippen LogP contribution in [0, 0.1) is 24.0 Å². The number of aromatic amines is 1. The summed E-state index contributed by atoms with van der Waals surface area (Å²) in [6, 6.07) is 4.69. The molecule has 2 N–H and O–H groups in total. The van der Waals surface area contributed by atoms with Gasteiger partial charge in [0.1, 0.15) is 0 Å². The van der Waals surface area contributed by atoms with E-state index in [0.717, 1.165) is 0 Å². The minimum absolute atomic E-state index is 0.0101. The second-order valence-corrected chi connectivity index (χ2v) is 4.72. The monoisotopic (exact) mass is 288 g/mol. The highest BCUT2D eigenvalue weighted by atomic mass is 16.6. The third kappa shape index (κ3) is 2.91. The number of anilines is 1. The Hall–Kier alpha value is -2.70. The first-order valence-electron chi connectivity index (χ1n) is 6.54. The molecule has 0 unspecified atom stereocenters. The molecule has 1 aromatic carbocycles. The zero-order valence-electron chi connectivity index (χ0n) is 12.1. The number of aryl methyl sites for hydroxylation is 3. The fraction of sp³-hybridized carbons (Fsp3) is 0.286. The first kappa shape index (κ1) is 14.7. The number of amides is 1. The smallest absolute Gasteiger partial charge is 0.274 e. The Morgan fingerprint density at radius 1 is 1.43 bits per heavy atom. The van der Waals surface area contributed by atoms with Crippen LogP contribution in [0.3, 0.4) is 0 Å². The number of benzene rings is 1. The lowest BCUT2D eigenvalue weighted by Crippen LogP contribution is -2.14. The molecule has 110 valence electrons. The van der Waals surface area contributed by atoms with E-state index >= 15 is 0 Å². The van der Waals surface area contributed by atoms with Crippen LogP contribution in [-0.4, -0.2) is 21.0 Å². The normalized spacial score (nSPS) is 10.4. The summed E-state index contributed by atoms with van der Waals surface area (Å²) in [5.41, 5.74) is 2.74. The van der Waals surface area contributed by atoms with Gasteiger partial charge in [-0.05, 0) is 26.3 Å². The minimum Gasteiger partial charge on any atom is -0.322 e. The molecule has 0 bridgehead atoms. The highest BCUT2D eigenvalue weighted by Crippen LogP contribution is 2.24. The standard InChI is InChI=1S/C14H16N4O3/c1-4-10-5-6-11(7-12(10)18(20)21)15-14(19)13-8(2)16-17-9(13)3/h5-7H,4H2,1-3H3,(H,15,19)(H,16,17). The van der Waals surface area contributed by atoms with Gasteiger partial charge in [0.05, 0.1) is 16.2 Å². The van der Waals surface area contributed by atoms with Crippen LogP contribution < -0.4 is 5.32 Å². The van der Waals surface area contributed by atoms with E-state index < -0.39 is 4.92 Å². The SMILES string of the molecule is CCc1ccc(NC(=O)c2c(C)n[nH]c2C)cc1[N+](=O)[O-]. The van der Waals surface area contributed by atoms with Crippen molar-refractivity contribution < 1.29 is 9.72 Å². The topological polar surface area (TPSA) is 101 Å². The van der Waals surface area contributed by atoms with E-state index in [1.54, 1.807) is 26.0 Å². The van der Waals surface area contributed by atoms with Crippen LogP contribution in [0.2, 0.25) is 0 Å². The summed E-state index contributed by atoms with van der Waals surface area (Å²) in [7, 11) is 0. The lowest BCUT2D eigenvalue weighted by atomic mass is 10.1. The average Bonchev–Trinajstić information content (AvgIpc) is 2.78. The van der Waals surface area contributed by atoms with Gasteiger partial charge in [0.15, 0.2) is 0 Å². The number of nitrogens with zero attached hydrogens (tertiary/aromatic N) is 2. The second kappa shape index (κ2) is 5.74. The Morgan fingerprint density at radius 2 is 2.14 bits per heavy atom. The van der Waals surface area contributed by atoms with E-state index in [-0.39, 0.29) is 11.6 Å². The van der Waals surface area contributed by atoms with E-state index in [2.05, 4.69) is 15.5 Å². The number of aromatic nitrogens is 2. The van der Waals surface area contributed by atoms with Crippen molar-refractivity contribution in [2.24, 2.45) is 0 Å². The number of hydrogen-bond donors (Lipinski definition) is 2. The number of nitro benzene ring substituents is 1. The van der Waals surface area contributed by atoms with Gasteiger partial charge < -0.3 is 5.32 Å². The number of H-pyrrole nitrogens is 1. The molecule has 0 radical (unpaired) electrons. The molecule has 0 atom stereocenters. The van der Waals surface area contributed by atoms with Crippen molar-refractivity contribution in [3.8, 4) is 0 Å². The minimum atomic E-state index is -0.442. The summed E-state index contributed by atoms with van der Waals surface area (Å²) in [5.74, 6) is -0.336. The van der Waals surface area contributed by atoms with Crippen molar-refractivity contribution >= 4 is 17.3 Å². The number of hydrogen-bond acceptors (Lipinski definition) is 4. The number of carbonyl (C=O) groups excluding carboxylic acids is 1. The number of rotatable bonds is 4. The number of nitrogens with one attached hydrogen (secondary N) is 2. The van der Waals surface area contributed by atoms with Crippen molar-refractivity contribution in [2.45, 2.75) is 27.2 Å². The zero-order chi connectivity index (χ0) is 15.6. The maximum Gasteiger partial charge on any atom is 0.274 e. The molecule has 0 saturated carbocycles. The van der Waals surface area contributed by atoms with Crippen LogP contribution >= 0.6 is 0 Å². The van der Waals surface area contributed by atoms with Crippen molar-refractivity contribution in [3.63, 3.8) is 0 Å². The third-order valence-electron chi connectivity index (χ3n) is 3.28. The van der Waals surface area contributed by atoms with Crippen LogP contribution in [0.4, 0.5) is 11.4 Å². The molecule has 0 spiro atoms. The molecular weight excluding hydrogens is 272 g/mol. The Morgan fingerprint density at radius 3 is 2.67 bits per heavy atom. The van der Waals surface area contributed by atoms with Crippen LogP contribution in [-0.2, 0) is 6.42 Å². The van der Waals surface area contributed by atoms with Gasteiger partial charge in [-0.25, -0.2) is 0 Å². The van der Waals surface area contributed by atoms with E-state index in [1.807, 2.05) is 6.92 Å². The van der Waals surface area contributed by atoms with E-state index in [9.17, 15) is 14.9 Å². The van der Waals surface area contributed by atoms with Gasteiger partial charge >= 0.3 is 0 Å². The van der Waals surface area contributed by atoms with Gasteiger partial charge in [-0.2, -0.15) is 5.10 Å². The molecule has 0 fully saturated rings. The second-order valence-electron chi connectivity index (χ2n) is 4.72. The lowest BCUT2D eigenvalue weighted by molar-refractivity contribution is -0.385. The summed E-state index contributed by atoms with van der Waals surface area (Å²) < 4.78 is 0. The molecule has 0 aliphatic heterocycles. The molecule has 2 rings (SSSR count). The van der Waals surface area contributed by atoms with Crippen molar-refractivity contribution in [2.75, 3.05) is 5.32 Å². The van der Waals surface area contributed by atoms with E-state index in [0.29, 0.717) is 34.6 Å². The fourth-order valence-electron chi connectivity index (χ4n) is 2.19. The molecule has 7 nitrogen and oxygen atoms in total. The molecule has 1 heterocycles. The highest BCUT2D eigenvalue weighted by Gasteiger charge is 2.18. The molecule has 0 saturated heterocycles. The Balaban J connectivity index is 2.30. The van der Waals surface area contributed by atoms with Crippen molar-refractivity contribution in [1.82, 2.24) is 10.2 Å². The van der Waals surface area contributed by atoms with Gasteiger partial charge in [-0.15, -0.1) is 0 Å². The number of carbonyl (C=O) groups is 1. The van der Waals surface area contributed by atoms with E-state index in [4.69, 9.17) is 0 Å². The third-order valence-corrected chi connectivity index (χ3v) is 3.28. The van der Waals surface area contributed by atoms with Gasteiger partial charge in [0, 0.05) is 23.0 Å². The lowest BCUT2D eigenvalue weighted by Gasteiger charge is -2.07. The fourth-order valence-corrected chi connectivity index (χ4v) is 2.19. The predicted octanol–water partition coefficient (Wildman–Crippen LogP) is 2.75. The summed E-state index contributed by atoms with van der Waals surface area (Å²) in [5, 5.41) is 20.4. The molecule has 1 amide bonds.